The van der Waals surface area contributed by atoms with E-state index < -0.39 is 0 Å². The molecule has 4 nitrogen and oxygen atoms in total. The molecule has 0 fully saturated rings. The molecule has 1 aromatic heterocycles. The Hall–Kier alpha value is -2.32. The van der Waals surface area contributed by atoms with Crippen LogP contribution in [-0.4, -0.2) is 6.03 Å². The van der Waals surface area contributed by atoms with E-state index >= 15 is 0 Å². The topological polar surface area (TPSA) is 64.9 Å². The highest BCUT2D eigenvalue weighted by molar-refractivity contribution is 7.16. The van der Waals surface area contributed by atoms with Gasteiger partial charge in [0.1, 0.15) is 11.1 Å². The molecule has 0 atom stereocenters. The van der Waals surface area contributed by atoms with Crippen LogP contribution in [0.4, 0.5) is 15.5 Å². The number of aryl methyl sites for hydroxylation is 2. The maximum Gasteiger partial charge on any atom is 0.324 e. The number of hydrogen-bond acceptors (Lipinski definition) is 3. The van der Waals surface area contributed by atoms with Crippen molar-refractivity contribution in [3.63, 3.8) is 0 Å². The number of nitriles is 1. The Balaban J connectivity index is 1.75. The molecule has 0 saturated carbocycles. The zero-order valence-electron chi connectivity index (χ0n) is 12.4. The van der Waals surface area contributed by atoms with Crippen molar-refractivity contribution in [2.24, 2.45) is 0 Å². The smallest absolute Gasteiger partial charge is 0.308 e. The van der Waals surface area contributed by atoms with Crippen LogP contribution in [0.1, 0.15) is 34.4 Å². The van der Waals surface area contributed by atoms with Gasteiger partial charge in [-0.3, -0.25) is 5.32 Å². The number of urea groups is 1. The maximum atomic E-state index is 12.1. The summed E-state index contributed by atoms with van der Waals surface area (Å²) in [4.78, 5) is 13.4. The Kier molecular flexibility index (Phi) is 4.12. The van der Waals surface area contributed by atoms with Crippen molar-refractivity contribution in [1.29, 1.82) is 5.26 Å². The fourth-order valence-corrected chi connectivity index (χ4v) is 3.91. The summed E-state index contributed by atoms with van der Waals surface area (Å²) in [7, 11) is 0. The van der Waals surface area contributed by atoms with Gasteiger partial charge < -0.3 is 5.32 Å². The predicted octanol–water partition coefficient (Wildman–Crippen LogP) is 4.45. The lowest BCUT2D eigenvalue weighted by atomic mass is 9.96. The van der Waals surface area contributed by atoms with Crippen LogP contribution in [0.3, 0.4) is 0 Å². The van der Waals surface area contributed by atoms with Crippen LogP contribution in [0.15, 0.2) is 24.3 Å². The highest BCUT2D eigenvalue weighted by Crippen LogP contribution is 2.37. The molecule has 0 bridgehead atoms. The molecule has 112 valence electrons. The molecular formula is C17H17N3OS. The molecule has 1 aliphatic rings. The van der Waals surface area contributed by atoms with E-state index in [4.69, 9.17) is 0 Å². The van der Waals surface area contributed by atoms with Gasteiger partial charge in [0, 0.05) is 10.6 Å². The normalized spacial score (nSPS) is 13.1. The molecular weight excluding hydrogens is 294 g/mol. The van der Waals surface area contributed by atoms with Crippen molar-refractivity contribution in [2.75, 3.05) is 10.6 Å². The SMILES string of the molecule is Cc1ccc(NC(=O)Nc2sc3c(c2C#N)CCCC3)cc1. The molecule has 2 amide bonds. The van der Waals surface area contributed by atoms with E-state index in [9.17, 15) is 10.1 Å². The van der Waals surface area contributed by atoms with Gasteiger partial charge >= 0.3 is 6.03 Å². The minimum atomic E-state index is -0.307. The van der Waals surface area contributed by atoms with Crippen LogP contribution in [-0.2, 0) is 12.8 Å². The summed E-state index contributed by atoms with van der Waals surface area (Å²) in [6, 6.07) is 9.55. The van der Waals surface area contributed by atoms with Gasteiger partial charge in [-0.1, -0.05) is 17.7 Å². The quantitative estimate of drug-likeness (QED) is 0.860. The first-order valence-electron chi connectivity index (χ1n) is 7.36. The van der Waals surface area contributed by atoms with Crippen LogP contribution >= 0.6 is 11.3 Å². The van der Waals surface area contributed by atoms with Gasteiger partial charge in [0.05, 0.1) is 5.56 Å². The highest BCUT2D eigenvalue weighted by Gasteiger charge is 2.21. The number of fused-ring (bicyclic) bond motifs is 1. The molecule has 0 radical (unpaired) electrons. The van der Waals surface area contributed by atoms with E-state index in [0.717, 1.165) is 42.5 Å². The molecule has 3 rings (SSSR count). The third-order valence-electron chi connectivity index (χ3n) is 3.82. The highest BCUT2D eigenvalue weighted by atomic mass is 32.1. The number of nitrogens with zero attached hydrogens (tertiary/aromatic N) is 1. The third kappa shape index (κ3) is 2.97. The number of hydrogen-bond donors (Lipinski definition) is 2. The number of thiophene rings is 1. The Morgan fingerprint density at radius 3 is 2.64 bits per heavy atom. The molecule has 0 aliphatic heterocycles. The van der Waals surface area contributed by atoms with Gasteiger partial charge in [-0.25, -0.2) is 4.79 Å². The fraction of sp³-hybridized carbons (Fsp3) is 0.294. The summed E-state index contributed by atoms with van der Waals surface area (Å²) in [6.45, 7) is 2.00. The van der Waals surface area contributed by atoms with E-state index in [1.807, 2.05) is 31.2 Å². The summed E-state index contributed by atoms with van der Waals surface area (Å²) in [6.07, 6.45) is 4.23. The lowest BCUT2D eigenvalue weighted by molar-refractivity contribution is 0.262. The van der Waals surface area contributed by atoms with E-state index in [0.29, 0.717) is 10.6 Å². The molecule has 1 aromatic carbocycles. The van der Waals surface area contributed by atoms with Gasteiger partial charge in [0.15, 0.2) is 0 Å². The van der Waals surface area contributed by atoms with Crippen LogP contribution in [0, 0.1) is 18.3 Å². The minimum absolute atomic E-state index is 0.307. The first-order chi connectivity index (χ1) is 10.7. The molecule has 2 N–H and O–H groups in total. The van der Waals surface area contributed by atoms with Gasteiger partial charge in [-0.2, -0.15) is 5.26 Å². The van der Waals surface area contributed by atoms with E-state index in [-0.39, 0.29) is 6.03 Å². The molecule has 5 heteroatoms. The summed E-state index contributed by atoms with van der Waals surface area (Å²) in [5.74, 6) is 0. The van der Waals surface area contributed by atoms with Gasteiger partial charge in [-0.15, -0.1) is 11.3 Å². The molecule has 0 saturated heterocycles. The number of rotatable bonds is 2. The maximum absolute atomic E-state index is 12.1. The lowest BCUT2D eigenvalue weighted by Crippen LogP contribution is -2.19. The first kappa shape index (κ1) is 14.6. The van der Waals surface area contributed by atoms with Gasteiger partial charge in [-0.05, 0) is 50.3 Å². The Morgan fingerprint density at radius 2 is 1.91 bits per heavy atom. The van der Waals surface area contributed by atoms with Crippen molar-refractivity contribution >= 4 is 28.1 Å². The molecule has 0 unspecified atom stereocenters. The number of benzene rings is 1. The van der Waals surface area contributed by atoms with Crippen molar-refractivity contribution in [1.82, 2.24) is 0 Å². The van der Waals surface area contributed by atoms with Gasteiger partial charge in [0.25, 0.3) is 0 Å². The lowest BCUT2D eigenvalue weighted by Gasteiger charge is -2.09. The molecule has 22 heavy (non-hydrogen) atoms. The average Bonchev–Trinajstić information content (AvgIpc) is 2.86. The zero-order valence-corrected chi connectivity index (χ0v) is 13.2. The van der Waals surface area contributed by atoms with Crippen LogP contribution in [0.25, 0.3) is 0 Å². The molecule has 0 spiro atoms. The van der Waals surface area contributed by atoms with Crippen LogP contribution < -0.4 is 10.6 Å². The average molecular weight is 311 g/mol. The van der Waals surface area contributed by atoms with E-state index in [2.05, 4.69) is 16.7 Å². The number of carbonyl (C=O) groups is 1. The van der Waals surface area contributed by atoms with Crippen molar-refractivity contribution in [2.45, 2.75) is 32.6 Å². The van der Waals surface area contributed by atoms with E-state index in [1.54, 1.807) is 0 Å². The van der Waals surface area contributed by atoms with Crippen molar-refractivity contribution in [3.8, 4) is 6.07 Å². The van der Waals surface area contributed by atoms with E-state index in [1.165, 1.54) is 16.2 Å². The van der Waals surface area contributed by atoms with Crippen LogP contribution in [0.5, 0.6) is 0 Å². The number of carbonyl (C=O) groups excluding carboxylic acids is 1. The molecule has 1 heterocycles. The monoisotopic (exact) mass is 311 g/mol. The summed E-state index contributed by atoms with van der Waals surface area (Å²) < 4.78 is 0. The second-order valence-corrected chi connectivity index (χ2v) is 6.58. The largest absolute Gasteiger partial charge is 0.324 e. The first-order valence-corrected chi connectivity index (χ1v) is 8.18. The second-order valence-electron chi connectivity index (χ2n) is 5.47. The third-order valence-corrected chi connectivity index (χ3v) is 5.03. The van der Waals surface area contributed by atoms with Crippen LogP contribution in [0.2, 0.25) is 0 Å². The summed E-state index contributed by atoms with van der Waals surface area (Å²) >= 11 is 1.53. The Morgan fingerprint density at radius 1 is 1.18 bits per heavy atom. The van der Waals surface area contributed by atoms with Gasteiger partial charge in [0.2, 0.25) is 0 Å². The summed E-state index contributed by atoms with van der Waals surface area (Å²) in [5.41, 5.74) is 3.65. The molecule has 2 aromatic rings. The number of nitrogens with one attached hydrogen (secondary N) is 2. The molecule has 1 aliphatic carbocycles. The minimum Gasteiger partial charge on any atom is -0.308 e. The Labute approximate surface area is 133 Å². The Bertz CT molecular complexity index is 740. The second kappa shape index (κ2) is 6.20. The number of amides is 2. The summed E-state index contributed by atoms with van der Waals surface area (Å²) in [5, 5.41) is 15.7. The zero-order chi connectivity index (χ0) is 15.5. The number of anilines is 2. The standard InChI is InChI=1S/C17H17N3OS/c1-11-6-8-12(9-7-11)19-17(21)20-16-14(10-18)13-4-2-3-5-15(13)22-16/h6-9H,2-5H2,1H3,(H2,19,20,21). The fourth-order valence-electron chi connectivity index (χ4n) is 2.67. The van der Waals surface area contributed by atoms with Crippen molar-refractivity contribution < 1.29 is 4.79 Å². The predicted molar refractivity (Wildman–Crippen MR) is 89.5 cm³/mol. The van der Waals surface area contributed by atoms with Crippen molar-refractivity contribution in [3.05, 3.63) is 45.8 Å².